The molecule has 1 aromatic rings. The summed E-state index contributed by atoms with van der Waals surface area (Å²) in [5, 5.41) is 32.7. The van der Waals surface area contributed by atoms with Crippen molar-refractivity contribution in [3.8, 4) is 0 Å². The van der Waals surface area contributed by atoms with E-state index in [0.717, 1.165) is 19.3 Å². The maximum atomic E-state index is 12.0. The number of aliphatic hydroxyl groups excluding tert-OH is 2. The van der Waals surface area contributed by atoms with Gasteiger partial charge in [0.25, 0.3) is 0 Å². The predicted octanol–water partition coefficient (Wildman–Crippen LogP) is 3.51. The first-order chi connectivity index (χ1) is 14.3. The molecule has 2 fully saturated rings. The lowest BCUT2D eigenvalue weighted by Gasteiger charge is -2.55. The van der Waals surface area contributed by atoms with Gasteiger partial charge in [-0.15, -0.1) is 0 Å². The van der Waals surface area contributed by atoms with E-state index in [1.807, 2.05) is 18.2 Å². The standard InChI is InChI=1S/C25H32O5/c1-23-9-7-16(27)12-15(23)5-6-17-18(23)8-10-24(2)19(17)13-20(21-4-3-11-30-21)25(24,29)22(28)14-26/h3-4,8,11-12,17,19-20,22,26,28-29H,5-7,9-10,13-14H2,1-2H3/t17?,19?,20-,22?,23+,24+,25+/m1/s1. The topological polar surface area (TPSA) is 90.9 Å². The second-order valence-corrected chi connectivity index (χ2v) is 10.3. The van der Waals surface area contributed by atoms with Gasteiger partial charge in [-0.1, -0.05) is 31.1 Å². The van der Waals surface area contributed by atoms with Crippen LogP contribution in [0.1, 0.15) is 64.1 Å². The van der Waals surface area contributed by atoms with Crippen molar-refractivity contribution in [2.24, 2.45) is 22.7 Å². The number of aliphatic hydroxyl groups is 3. The monoisotopic (exact) mass is 412 g/mol. The Balaban J connectivity index is 1.60. The van der Waals surface area contributed by atoms with Crippen molar-refractivity contribution in [3.05, 3.63) is 47.5 Å². The molecule has 5 rings (SSSR count). The average Bonchev–Trinajstić information content (AvgIpc) is 3.33. The molecule has 0 spiro atoms. The van der Waals surface area contributed by atoms with Crippen molar-refractivity contribution in [1.82, 2.24) is 0 Å². The maximum Gasteiger partial charge on any atom is 0.155 e. The second kappa shape index (κ2) is 6.65. The zero-order valence-electron chi connectivity index (χ0n) is 17.8. The summed E-state index contributed by atoms with van der Waals surface area (Å²) < 4.78 is 5.70. The first-order valence-corrected chi connectivity index (χ1v) is 11.2. The number of rotatable bonds is 3. The molecule has 1 aromatic heterocycles. The summed E-state index contributed by atoms with van der Waals surface area (Å²) in [5.41, 5.74) is 0.565. The lowest BCUT2D eigenvalue weighted by Crippen LogP contribution is -2.59. The van der Waals surface area contributed by atoms with E-state index in [4.69, 9.17) is 4.42 Å². The Morgan fingerprint density at radius 3 is 2.80 bits per heavy atom. The number of ketones is 1. The Hall–Kier alpha value is -1.69. The highest BCUT2D eigenvalue weighted by Crippen LogP contribution is 2.69. The molecule has 162 valence electrons. The Bertz CT molecular complexity index is 914. The minimum Gasteiger partial charge on any atom is -0.469 e. The average molecular weight is 413 g/mol. The number of hydrogen-bond donors (Lipinski definition) is 3. The molecule has 3 N–H and O–H groups in total. The van der Waals surface area contributed by atoms with Gasteiger partial charge in [-0.05, 0) is 62.1 Å². The normalized spacial score (nSPS) is 43.9. The van der Waals surface area contributed by atoms with E-state index in [-0.39, 0.29) is 23.0 Å². The summed E-state index contributed by atoms with van der Waals surface area (Å²) in [4.78, 5) is 12.0. The number of hydrogen-bond acceptors (Lipinski definition) is 5. The van der Waals surface area contributed by atoms with Crippen molar-refractivity contribution in [2.45, 2.75) is 70.0 Å². The summed E-state index contributed by atoms with van der Waals surface area (Å²) in [5.74, 6) is 1.02. The number of allylic oxidation sites excluding steroid dienone is 4. The molecule has 0 amide bonds. The van der Waals surface area contributed by atoms with Crippen LogP contribution in [0.25, 0.3) is 0 Å². The molecular weight excluding hydrogens is 380 g/mol. The maximum absolute atomic E-state index is 12.0. The van der Waals surface area contributed by atoms with Crippen LogP contribution in [0.2, 0.25) is 0 Å². The number of furan rings is 1. The van der Waals surface area contributed by atoms with Gasteiger partial charge in [-0.3, -0.25) is 4.79 Å². The summed E-state index contributed by atoms with van der Waals surface area (Å²) >= 11 is 0. The summed E-state index contributed by atoms with van der Waals surface area (Å²) in [6.45, 7) is 3.87. The molecular formula is C25H32O5. The third kappa shape index (κ3) is 2.43. The highest BCUT2D eigenvalue weighted by molar-refractivity contribution is 5.92. The van der Waals surface area contributed by atoms with E-state index in [2.05, 4.69) is 19.9 Å². The number of carbonyl (C=O) groups excluding carboxylic acids is 1. The molecule has 4 aliphatic rings. The zero-order valence-corrected chi connectivity index (χ0v) is 17.8. The molecule has 0 bridgehead atoms. The van der Waals surface area contributed by atoms with Crippen molar-refractivity contribution >= 4 is 5.78 Å². The van der Waals surface area contributed by atoms with Crippen LogP contribution in [0.3, 0.4) is 0 Å². The second-order valence-electron chi connectivity index (χ2n) is 10.3. The fourth-order valence-electron chi connectivity index (χ4n) is 7.52. The van der Waals surface area contributed by atoms with Crippen molar-refractivity contribution < 1.29 is 24.5 Å². The smallest absolute Gasteiger partial charge is 0.155 e. The molecule has 5 nitrogen and oxygen atoms in total. The summed E-state index contributed by atoms with van der Waals surface area (Å²) in [6.07, 6.45) is 9.19. The molecule has 1 heterocycles. The van der Waals surface area contributed by atoms with Crippen LogP contribution in [-0.4, -0.2) is 39.4 Å². The van der Waals surface area contributed by atoms with Crippen molar-refractivity contribution in [3.63, 3.8) is 0 Å². The molecule has 5 heteroatoms. The van der Waals surface area contributed by atoms with E-state index in [9.17, 15) is 20.1 Å². The Labute approximate surface area is 177 Å². The van der Waals surface area contributed by atoms with Gasteiger partial charge in [0.15, 0.2) is 5.78 Å². The van der Waals surface area contributed by atoms with Gasteiger partial charge < -0.3 is 19.7 Å². The quantitative estimate of drug-likeness (QED) is 0.661. The highest BCUT2D eigenvalue weighted by Gasteiger charge is 2.68. The minimum atomic E-state index is -1.47. The van der Waals surface area contributed by atoms with Gasteiger partial charge in [0.1, 0.15) is 17.5 Å². The number of carbonyl (C=O) groups is 1. The van der Waals surface area contributed by atoms with Crippen LogP contribution in [0.5, 0.6) is 0 Å². The fraction of sp³-hybridized carbons (Fsp3) is 0.640. The van der Waals surface area contributed by atoms with E-state index in [1.165, 1.54) is 11.1 Å². The van der Waals surface area contributed by atoms with Gasteiger partial charge in [0.2, 0.25) is 0 Å². The van der Waals surface area contributed by atoms with E-state index in [0.29, 0.717) is 30.9 Å². The largest absolute Gasteiger partial charge is 0.469 e. The SMILES string of the molecule is C[C@]12CCC(=O)C=C1CCC1C2=CC[C@@]2(C)C1C[C@H](c1ccco1)[C@]2(O)C(O)CO. The van der Waals surface area contributed by atoms with Crippen LogP contribution in [0.15, 0.2) is 46.1 Å². The molecule has 0 aromatic carbocycles. The van der Waals surface area contributed by atoms with Gasteiger partial charge in [0.05, 0.1) is 12.9 Å². The summed E-state index contributed by atoms with van der Waals surface area (Å²) in [7, 11) is 0. The van der Waals surface area contributed by atoms with Crippen molar-refractivity contribution in [1.29, 1.82) is 0 Å². The third-order valence-electron chi connectivity index (χ3n) is 9.23. The number of fused-ring (bicyclic) bond motifs is 5. The lowest BCUT2D eigenvalue weighted by atomic mass is 9.50. The van der Waals surface area contributed by atoms with Gasteiger partial charge in [-0.25, -0.2) is 0 Å². The first kappa shape index (κ1) is 20.2. The zero-order chi connectivity index (χ0) is 21.3. The van der Waals surface area contributed by atoms with Crippen LogP contribution in [0.4, 0.5) is 0 Å². The summed E-state index contributed by atoms with van der Waals surface area (Å²) in [6, 6.07) is 3.68. The van der Waals surface area contributed by atoms with Crippen LogP contribution in [-0.2, 0) is 4.79 Å². The van der Waals surface area contributed by atoms with E-state index < -0.39 is 23.7 Å². The molecule has 4 aliphatic carbocycles. The van der Waals surface area contributed by atoms with Crippen LogP contribution >= 0.6 is 0 Å². The molecule has 2 saturated carbocycles. The molecule has 3 unspecified atom stereocenters. The van der Waals surface area contributed by atoms with Gasteiger partial charge in [-0.2, -0.15) is 0 Å². The minimum absolute atomic E-state index is 0.0748. The van der Waals surface area contributed by atoms with E-state index in [1.54, 1.807) is 6.26 Å². The predicted molar refractivity (Wildman–Crippen MR) is 112 cm³/mol. The van der Waals surface area contributed by atoms with Gasteiger partial charge >= 0.3 is 0 Å². The third-order valence-corrected chi connectivity index (χ3v) is 9.23. The van der Waals surface area contributed by atoms with Crippen molar-refractivity contribution in [2.75, 3.05) is 6.61 Å². The van der Waals surface area contributed by atoms with Crippen LogP contribution in [0, 0.1) is 22.7 Å². The van der Waals surface area contributed by atoms with Crippen LogP contribution < -0.4 is 0 Å². The highest BCUT2D eigenvalue weighted by atomic mass is 16.4. The lowest BCUT2D eigenvalue weighted by molar-refractivity contribution is -0.173. The molecule has 7 atom stereocenters. The first-order valence-electron chi connectivity index (χ1n) is 11.2. The Morgan fingerprint density at radius 1 is 1.30 bits per heavy atom. The molecule has 30 heavy (non-hydrogen) atoms. The fourth-order valence-corrected chi connectivity index (χ4v) is 7.52. The Morgan fingerprint density at radius 2 is 2.10 bits per heavy atom. The molecule has 0 aliphatic heterocycles. The van der Waals surface area contributed by atoms with E-state index >= 15 is 0 Å². The van der Waals surface area contributed by atoms with Gasteiger partial charge in [0, 0.05) is 23.2 Å². The molecule has 0 radical (unpaired) electrons. The molecule has 0 saturated heterocycles. The Kier molecular flexibility index (Phi) is 4.48.